The summed E-state index contributed by atoms with van der Waals surface area (Å²) in [4.78, 5) is 11.3. The molecule has 43 heavy (non-hydrogen) atoms. The van der Waals surface area contributed by atoms with Crippen LogP contribution in [0.3, 0.4) is 0 Å². The SMILES string of the molecule is Cc1noc(-c2ccc(-c3ccc(C4(CC(=O)O)CC4)cc3)cc2)c1CCCC(O)c1ccc(Cc2ccccc2)cc1. The van der Waals surface area contributed by atoms with Crippen LogP contribution in [0.2, 0.25) is 0 Å². The fourth-order valence-corrected chi connectivity index (χ4v) is 6.08. The standard InChI is InChI=1S/C38H37NO4/c1-26-34(8-5-9-35(40)31-12-10-28(11-13-31)24-27-6-3-2-4-7-27)37(43-39-26)32-16-14-29(15-17-32)30-18-20-33(21-19-30)38(22-23-38)25-36(41)42/h2-4,6-7,10-21,35,40H,5,8-9,22-25H2,1H3,(H,41,42). The molecule has 5 nitrogen and oxygen atoms in total. The minimum atomic E-state index is -0.736. The number of rotatable bonds is 12. The second-order valence-corrected chi connectivity index (χ2v) is 11.9. The van der Waals surface area contributed by atoms with Crippen LogP contribution in [0.15, 0.2) is 108 Å². The van der Waals surface area contributed by atoms with E-state index in [1.807, 2.05) is 25.1 Å². The van der Waals surface area contributed by atoms with Gasteiger partial charge in [0, 0.05) is 16.5 Å². The number of benzene rings is 4. The molecule has 218 valence electrons. The van der Waals surface area contributed by atoms with Gasteiger partial charge in [0.25, 0.3) is 0 Å². The van der Waals surface area contributed by atoms with Gasteiger partial charge < -0.3 is 14.7 Å². The highest BCUT2D eigenvalue weighted by Gasteiger charge is 2.45. The Morgan fingerprint density at radius 3 is 2.07 bits per heavy atom. The zero-order valence-electron chi connectivity index (χ0n) is 24.5. The van der Waals surface area contributed by atoms with Gasteiger partial charge in [0.15, 0.2) is 5.76 Å². The molecule has 1 atom stereocenters. The van der Waals surface area contributed by atoms with E-state index < -0.39 is 12.1 Å². The van der Waals surface area contributed by atoms with Crippen LogP contribution in [0, 0.1) is 6.92 Å². The van der Waals surface area contributed by atoms with E-state index in [4.69, 9.17) is 4.52 Å². The highest BCUT2D eigenvalue weighted by atomic mass is 16.5. The molecule has 0 aliphatic heterocycles. The normalized spacial score (nSPS) is 14.4. The van der Waals surface area contributed by atoms with Crippen molar-refractivity contribution in [2.45, 2.75) is 63.4 Å². The lowest BCUT2D eigenvalue weighted by molar-refractivity contribution is -0.137. The van der Waals surface area contributed by atoms with E-state index in [1.54, 1.807) is 0 Å². The van der Waals surface area contributed by atoms with Gasteiger partial charge in [-0.2, -0.15) is 0 Å². The van der Waals surface area contributed by atoms with Crippen molar-refractivity contribution < 1.29 is 19.5 Å². The highest BCUT2D eigenvalue weighted by Crippen LogP contribution is 2.51. The number of aliphatic carboxylic acids is 1. The molecule has 1 aliphatic carbocycles. The molecule has 2 N–H and O–H groups in total. The maximum atomic E-state index is 11.3. The van der Waals surface area contributed by atoms with Crippen LogP contribution in [0.4, 0.5) is 0 Å². The minimum Gasteiger partial charge on any atom is -0.481 e. The number of hydrogen-bond acceptors (Lipinski definition) is 4. The van der Waals surface area contributed by atoms with Gasteiger partial charge in [-0.15, -0.1) is 0 Å². The minimum absolute atomic E-state index is 0.183. The second-order valence-electron chi connectivity index (χ2n) is 11.9. The van der Waals surface area contributed by atoms with Crippen LogP contribution in [0.1, 0.15) is 71.7 Å². The predicted molar refractivity (Wildman–Crippen MR) is 169 cm³/mol. The van der Waals surface area contributed by atoms with Crippen LogP contribution >= 0.6 is 0 Å². The van der Waals surface area contributed by atoms with E-state index in [0.717, 1.165) is 76.9 Å². The summed E-state index contributed by atoms with van der Waals surface area (Å²) in [7, 11) is 0. The zero-order valence-corrected chi connectivity index (χ0v) is 24.5. The molecule has 0 bridgehead atoms. The Balaban J connectivity index is 1.06. The molecule has 0 spiro atoms. The molecule has 1 heterocycles. The van der Waals surface area contributed by atoms with Crippen LogP contribution in [0.25, 0.3) is 22.5 Å². The third-order valence-corrected chi connectivity index (χ3v) is 8.83. The molecule has 0 radical (unpaired) electrons. The van der Waals surface area contributed by atoms with Crippen molar-refractivity contribution in [1.29, 1.82) is 0 Å². The maximum Gasteiger partial charge on any atom is 0.304 e. The lowest BCUT2D eigenvalue weighted by Gasteiger charge is -2.14. The Kier molecular flexibility index (Phi) is 8.26. The van der Waals surface area contributed by atoms with Gasteiger partial charge >= 0.3 is 5.97 Å². The molecule has 5 heteroatoms. The molecule has 0 saturated heterocycles. The fraction of sp³-hybridized carbons (Fsp3) is 0.263. The average molecular weight is 572 g/mol. The van der Waals surface area contributed by atoms with Crippen molar-refractivity contribution in [2.75, 3.05) is 0 Å². The summed E-state index contributed by atoms with van der Waals surface area (Å²) in [5.41, 5.74) is 9.51. The van der Waals surface area contributed by atoms with Crippen molar-refractivity contribution in [3.8, 4) is 22.5 Å². The summed E-state index contributed by atoms with van der Waals surface area (Å²) in [5, 5.41) is 24.4. The molecule has 6 rings (SSSR count). The third-order valence-electron chi connectivity index (χ3n) is 8.83. The zero-order chi connectivity index (χ0) is 29.8. The number of aliphatic hydroxyl groups excluding tert-OH is 1. The monoisotopic (exact) mass is 571 g/mol. The third kappa shape index (κ3) is 6.63. The summed E-state index contributed by atoms with van der Waals surface area (Å²) in [5.74, 6) is 0.0447. The van der Waals surface area contributed by atoms with E-state index >= 15 is 0 Å². The number of carboxylic acids is 1. The second kappa shape index (κ2) is 12.4. The first kappa shape index (κ1) is 28.6. The Morgan fingerprint density at radius 2 is 1.44 bits per heavy atom. The van der Waals surface area contributed by atoms with Crippen molar-refractivity contribution in [1.82, 2.24) is 5.16 Å². The van der Waals surface area contributed by atoms with E-state index in [2.05, 4.69) is 90.1 Å². The molecule has 5 aromatic rings. The van der Waals surface area contributed by atoms with Crippen molar-refractivity contribution >= 4 is 5.97 Å². The first-order valence-corrected chi connectivity index (χ1v) is 15.1. The number of hydrogen-bond donors (Lipinski definition) is 2. The molecule has 1 fully saturated rings. The van der Waals surface area contributed by atoms with Crippen molar-refractivity contribution in [2.24, 2.45) is 0 Å². The highest BCUT2D eigenvalue weighted by molar-refractivity contribution is 5.72. The van der Waals surface area contributed by atoms with Gasteiger partial charge in [0.1, 0.15) is 0 Å². The van der Waals surface area contributed by atoms with Crippen LogP contribution in [0.5, 0.6) is 0 Å². The lowest BCUT2D eigenvalue weighted by atomic mass is 9.90. The number of carbonyl (C=O) groups is 1. The summed E-state index contributed by atoms with van der Waals surface area (Å²) < 4.78 is 5.76. The topological polar surface area (TPSA) is 83.6 Å². The van der Waals surface area contributed by atoms with Gasteiger partial charge in [0.2, 0.25) is 0 Å². The summed E-state index contributed by atoms with van der Waals surface area (Å²) in [6.07, 6.45) is 4.69. The summed E-state index contributed by atoms with van der Waals surface area (Å²) in [6, 6.07) is 35.3. The van der Waals surface area contributed by atoms with Crippen molar-refractivity contribution in [3.05, 3.63) is 137 Å². The number of nitrogens with zero attached hydrogens (tertiary/aromatic N) is 1. The summed E-state index contributed by atoms with van der Waals surface area (Å²) >= 11 is 0. The number of aryl methyl sites for hydroxylation is 1. The summed E-state index contributed by atoms with van der Waals surface area (Å²) in [6.45, 7) is 1.97. The van der Waals surface area contributed by atoms with Gasteiger partial charge in [-0.05, 0) is 78.8 Å². The van der Waals surface area contributed by atoms with Gasteiger partial charge in [0.05, 0.1) is 18.2 Å². The van der Waals surface area contributed by atoms with Gasteiger partial charge in [-0.25, -0.2) is 0 Å². The predicted octanol–water partition coefficient (Wildman–Crippen LogP) is 8.47. The Labute approximate surface area is 252 Å². The maximum absolute atomic E-state index is 11.3. The van der Waals surface area contributed by atoms with Crippen molar-refractivity contribution in [3.63, 3.8) is 0 Å². The Hall–Kier alpha value is -4.48. The van der Waals surface area contributed by atoms with E-state index in [-0.39, 0.29) is 11.8 Å². The average Bonchev–Trinajstić information content (AvgIpc) is 3.71. The molecule has 1 aliphatic rings. The van der Waals surface area contributed by atoms with Gasteiger partial charge in [-0.3, -0.25) is 4.79 Å². The number of aromatic nitrogens is 1. The molecular weight excluding hydrogens is 534 g/mol. The lowest BCUT2D eigenvalue weighted by Crippen LogP contribution is -2.12. The first-order chi connectivity index (χ1) is 20.9. The van der Waals surface area contributed by atoms with E-state index in [9.17, 15) is 15.0 Å². The number of aliphatic hydroxyl groups is 1. The van der Waals surface area contributed by atoms with Crippen LogP contribution < -0.4 is 0 Å². The Bertz CT molecular complexity index is 1670. The smallest absolute Gasteiger partial charge is 0.304 e. The van der Waals surface area contributed by atoms with Crippen LogP contribution in [-0.4, -0.2) is 21.3 Å². The molecule has 1 saturated carbocycles. The van der Waals surface area contributed by atoms with Crippen LogP contribution in [-0.2, 0) is 23.1 Å². The molecule has 1 unspecified atom stereocenters. The fourth-order valence-electron chi connectivity index (χ4n) is 6.08. The van der Waals surface area contributed by atoms with E-state index in [0.29, 0.717) is 6.42 Å². The molecule has 4 aromatic carbocycles. The number of carboxylic acid groups (broad SMARTS) is 1. The van der Waals surface area contributed by atoms with Gasteiger partial charge in [-0.1, -0.05) is 108 Å². The Morgan fingerprint density at radius 1 is 0.837 bits per heavy atom. The molecule has 1 aromatic heterocycles. The van der Waals surface area contributed by atoms with E-state index in [1.165, 1.54) is 11.1 Å². The molecule has 0 amide bonds. The quantitative estimate of drug-likeness (QED) is 0.157. The largest absolute Gasteiger partial charge is 0.481 e. The first-order valence-electron chi connectivity index (χ1n) is 15.1. The molecular formula is C38H37NO4.